The third-order valence-electron chi connectivity index (χ3n) is 4.00. The van der Waals surface area contributed by atoms with Crippen LogP contribution in [0.25, 0.3) is 0 Å². The molecule has 4 heteroatoms. The number of unbranched alkanes of at least 4 members (excludes halogenated alkanes) is 6. The van der Waals surface area contributed by atoms with E-state index in [1.807, 2.05) is 6.08 Å². The third-order valence-corrected chi connectivity index (χ3v) is 4.00. The van der Waals surface area contributed by atoms with Gasteiger partial charge in [0.15, 0.2) is 5.78 Å². The highest BCUT2D eigenvalue weighted by atomic mass is 16.6. The van der Waals surface area contributed by atoms with Crippen LogP contribution in [0.15, 0.2) is 12.2 Å². The van der Waals surface area contributed by atoms with Crippen molar-refractivity contribution in [2.24, 2.45) is 0 Å². The van der Waals surface area contributed by atoms with E-state index in [0.717, 1.165) is 38.5 Å². The Morgan fingerprint density at radius 3 is 2.36 bits per heavy atom. The molecule has 1 saturated heterocycles. The second kappa shape index (κ2) is 11.4. The zero-order chi connectivity index (χ0) is 16.2. The van der Waals surface area contributed by atoms with Gasteiger partial charge in [0.2, 0.25) is 0 Å². The normalized spacial score (nSPS) is 20.4. The van der Waals surface area contributed by atoms with E-state index in [4.69, 9.17) is 9.84 Å². The van der Waals surface area contributed by atoms with Crippen LogP contribution in [-0.4, -0.2) is 29.1 Å². The molecule has 0 amide bonds. The average molecular weight is 310 g/mol. The number of hydrogen-bond acceptors (Lipinski definition) is 3. The Hall–Kier alpha value is -1.16. The third kappa shape index (κ3) is 9.72. The minimum atomic E-state index is -0.726. The van der Waals surface area contributed by atoms with Gasteiger partial charge in [-0.15, -0.1) is 0 Å². The summed E-state index contributed by atoms with van der Waals surface area (Å²) in [4.78, 5) is 22.0. The van der Waals surface area contributed by atoms with Gasteiger partial charge in [-0.25, -0.2) is 0 Å². The summed E-state index contributed by atoms with van der Waals surface area (Å²) in [6, 6.07) is 0. The summed E-state index contributed by atoms with van der Waals surface area (Å²) in [5.74, 6) is -0.552. The van der Waals surface area contributed by atoms with Gasteiger partial charge in [-0.1, -0.05) is 45.4 Å². The van der Waals surface area contributed by atoms with E-state index in [2.05, 4.69) is 6.92 Å². The molecule has 4 nitrogen and oxygen atoms in total. The van der Waals surface area contributed by atoms with Crippen LogP contribution < -0.4 is 0 Å². The number of allylic oxidation sites excluding steroid dienone is 1. The molecule has 2 atom stereocenters. The summed E-state index contributed by atoms with van der Waals surface area (Å²) in [7, 11) is 0. The molecule has 0 aromatic carbocycles. The van der Waals surface area contributed by atoms with Crippen LogP contribution >= 0.6 is 0 Å². The Bertz CT molecular complexity index is 362. The summed E-state index contributed by atoms with van der Waals surface area (Å²) in [6.07, 6.45) is 14.3. The van der Waals surface area contributed by atoms with Gasteiger partial charge < -0.3 is 9.84 Å². The molecular formula is C18H30O4. The summed E-state index contributed by atoms with van der Waals surface area (Å²) in [5, 5.41) is 8.51. The van der Waals surface area contributed by atoms with Crippen molar-refractivity contribution in [3.8, 4) is 0 Å². The number of aliphatic carboxylic acids is 1. The second-order valence-corrected chi connectivity index (χ2v) is 6.12. The number of hydrogen-bond donors (Lipinski definition) is 1. The van der Waals surface area contributed by atoms with Gasteiger partial charge in [0, 0.05) is 12.8 Å². The largest absolute Gasteiger partial charge is 0.481 e. The Labute approximate surface area is 133 Å². The summed E-state index contributed by atoms with van der Waals surface area (Å²) < 4.78 is 5.52. The Kier molecular flexibility index (Phi) is 9.80. The quantitative estimate of drug-likeness (QED) is 0.295. The first-order valence-corrected chi connectivity index (χ1v) is 8.71. The first-order valence-electron chi connectivity index (χ1n) is 8.71. The van der Waals surface area contributed by atoms with Crippen molar-refractivity contribution in [3.63, 3.8) is 0 Å². The van der Waals surface area contributed by atoms with E-state index < -0.39 is 5.97 Å². The van der Waals surface area contributed by atoms with E-state index >= 15 is 0 Å². The molecule has 0 bridgehead atoms. The molecule has 1 rings (SSSR count). The van der Waals surface area contributed by atoms with Crippen molar-refractivity contribution >= 4 is 11.8 Å². The van der Waals surface area contributed by atoms with Crippen LogP contribution in [0.5, 0.6) is 0 Å². The first-order chi connectivity index (χ1) is 10.6. The van der Waals surface area contributed by atoms with Gasteiger partial charge in [0.1, 0.15) is 6.10 Å². The maximum Gasteiger partial charge on any atom is 0.303 e. The molecule has 1 heterocycles. The molecular weight excluding hydrogens is 280 g/mol. The van der Waals surface area contributed by atoms with Crippen molar-refractivity contribution in [2.75, 3.05) is 0 Å². The van der Waals surface area contributed by atoms with Gasteiger partial charge in [-0.2, -0.15) is 0 Å². The number of carboxylic acid groups (broad SMARTS) is 1. The number of ether oxygens (including phenoxy) is 1. The van der Waals surface area contributed by atoms with E-state index in [0.29, 0.717) is 12.5 Å². The molecule has 1 fully saturated rings. The maximum absolute atomic E-state index is 11.7. The lowest BCUT2D eigenvalue weighted by atomic mass is 10.1. The SMILES string of the molecule is CCCCCC1OC1/C=C/C(=O)CCCCCCCC(=O)O. The number of epoxide rings is 1. The number of carbonyl (C=O) groups is 2. The fourth-order valence-electron chi connectivity index (χ4n) is 2.54. The lowest BCUT2D eigenvalue weighted by Gasteiger charge is -1.98. The van der Waals surface area contributed by atoms with E-state index in [1.54, 1.807) is 6.08 Å². The van der Waals surface area contributed by atoms with Crippen molar-refractivity contribution in [3.05, 3.63) is 12.2 Å². The average Bonchev–Trinajstić information content (AvgIpc) is 3.22. The van der Waals surface area contributed by atoms with Gasteiger partial charge in [0.25, 0.3) is 0 Å². The molecule has 0 aromatic heterocycles. The molecule has 0 saturated carbocycles. The number of carbonyl (C=O) groups excluding carboxylic acids is 1. The van der Waals surface area contributed by atoms with E-state index in [1.165, 1.54) is 19.3 Å². The Morgan fingerprint density at radius 2 is 1.68 bits per heavy atom. The topological polar surface area (TPSA) is 66.9 Å². The van der Waals surface area contributed by atoms with Crippen molar-refractivity contribution < 1.29 is 19.4 Å². The van der Waals surface area contributed by atoms with Gasteiger partial charge in [-0.3, -0.25) is 9.59 Å². The highest BCUT2D eigenvalue weighted by Crippen LogP contribution is 2.28. The second-order valence-electron chi connectivity index (χ2n) is 6.12. The fraction of sp³-hybridized carbons (Fsp3) is 0.778. The zero-order valence-corrected chi connectivity index (χ0v) is 13.8. The molecule has 0 aromatic rings. The number of rotatable bonds is 14. The van der Waals surface area contributed by atoms with Crippen LogP contribution in [0.2, 0.25) is 0 Å². The summed E-state index contributed by atoms with van der Waals surface area (Å²) >= 11 is 0. The molecule has 126 valence electrons. The molecule has 1 N–H and O–H groups in total. The number of ketones is 1. The van der Waals surface area contributed by atoms with Gasteiger partial charge in [0.05, 0.1) is 6.10 Å². The van der Waals surface area contributed by atoms with Crippen molar-refractivity contribution in [1.29, 1.82) is 0 Å². The Balaban J connectivity index is 1.93. The summed E-state index contributed by atoms with van der Waals surface area (Å²) in [6.45, 7) is 2.19. The maximum atomic E-state index is 11.7. The predicted molar refractivity (Wildman–Crippen MR) is 86.9 cm³/mol. The minimum absolute atomic E-state index is 0.164. The lowest BCUT2D eigenvalue weighted by molar-refractivity contribution is -0.137. The highest BCUT2D eigenvalue weighted by Gasteiger charge is 2.35. The highest BCUT2D eigenvalue weighted by molar-refractivity contribution is 5.89. The van der Waals surface area contributed by atoms with Crippen LogP contribution in [0.3, 0.4) is 0 Å². The molecule has 0 spiro atoms. The first kappa shape index (κ1) is 18.9. The van der Waals surface area contributed by atoms with Gasteiger partial charge >= 0.3 is 5.97 Å². The molecule has 0 radical (unpaired) electrons. The monoisotopic (exact) mass is 310 g/mol. The number of carboxylic acids is 1. The molecule has 1 aliphatic heterocycles. The zero-order valence-electron chi connectivity index (χ0n) is 13.8. The van der Waals surface area contributed by atoms with Gasteiger partial charge in [-0.05, 0) is 31.4 Å². The lowest BCUT2D eigenvalue weighted by Crippen LogP contribution is -1.96. The van der Waals surface area contributed by atoms with Crippen LogP contribution in [0, 0.1) is 0 Å². The van der Waals surface area contributed by atoms with Crippen molar-refractivity contribution in [1.82, 2.24) is 0 Å². The standard InChI is InChI=1S/C18H30O4/c1-2-3-7-11-16-17(22-16)14-13-15(19)10-8-5-4-6-9-12-18(20)21/h13-14,16-17H,2-12H2,1H3,(H,20,21)/b14-13+. The molecule has 22 heavy (non-hydrogen) atoms. The summed E-state index contributed by atoms with van der Waals surface area (Å²) in [5.41, 5.74) is 0. The predicted octanol–water partition coefficient (Wildman–Crippen LogP) is 4.27. The van der Waals surface area contributed by atoms with Crippen molar-refractivity contribution in [2.45, 2.75) is 89.8 Å². The van der Waals surface area contributed by atoms with Crippen LogP contribution in [0.1, 0.15) is 77.6 Å². The fourth-order valence-corrected chi connectivity index (χ4v) is 2.54. The molecule has 2 unspecified atom stereocenters. The van der Waals surface area contributed by atoms with E-state index in [-0.39, 0.29) is 18.3 Å². The molecule has 0 aliphatic carbocycles. The van der Waals surface area contributed by atoms with Crippen LogP contribution in [-0.2, 0) is 14.3 Å². The molecule has 1 aliphatic rings. The van der Waals surface area contributed by atoms with E-state index in [9.17, 15) is 9.59 Å². The Morgan fingerprint density at radius 1 is 1.00 bits per heavy atom. The smallest absolute Gasteiger partial charge is 0.303 e. The van der Waals surface area contributed by atoms with Crippen LogP contribution in [0.4, 0.5) is 0 Å². The minimum Gasteiger partial charge on any atom is -0.481 e.